The van der Waals surface area contributed by atoms with Crippen LogP contribution >= 0.6 is 0 Å². The minimum Gasteiger partial charge on any atom is -0.462 e. The van der Waals surface area contributed by atoms with E-state index in [1.54, 1.807) is 26.0 Å². The first-order valence-corrected chi connectivity index (χ1v) is 21.7. The summed E-state index contributed by atoms with van der Waals surface area (Å²) in [5.41, 5.74) is 6.58. The van der Waals surface area contributed by atoms with E-state index in [9.17, 15) is 46.2 Å². The third-order valence-electron chi connectivity index (χ3n) is 9.15. The van der Waals surface area contributed by atoms with Gasteiger partial charge in [0.05, 0.1) is 34.8 Å². The summed E-state index contributed by atoms with van der Waals surface area (Å²) in [6.45, 7) is 9.87. The van der Waals surface area contributed by atoms with E-state index in [2.05, 4.69) is 5.32 Å². The van der Waals surface area contributed by atoms with Gasteiger partial charge in [0.25, 0.3) is 0 Å². The van der Waals surface area contributed by atoms with Gasteiger partial charge in [0.1, 0.15) is 24.2 Å². The average Bonchev–Trinajstić information content (AvgIpc) is 3.09. The van der Waals surface area contributed by atoms with Crippen molar-refractivity contribution in [1.29, 1.82) is 0 Å². The lowest BCUT2D eigenvalue weighted by atomic mass is 9.82. The van der Waals surface area contributed by atoms with Crippen LogP contribution in [0.3, 0.4) is 0 Å². The molecule has 0 spiro atoms. The molecule has 0 bridgehead atoms. The zero-order valence-electron chi connectivity index (χ0n) is 32.3. The predicted octanol–water partition coefficient (Wildman–Crippen LogP) is 2.64. The Balaban J connectivity index is 2.57. The van der Waals surface area contributed by atoms with Crippen LogP contribution in [0.4, 0.5) is 0 Å². The molecule has 0 heterocycles. The molecule has 2 unspecified atom stereocenters. The third-order valence-corrected chi connectivity index (χ3v) is 13.3. The van der Waals surface area contributed by atoms with E-state index >= 15 is 0 Å². The van der Waals surface area contributed by atoms with E-state index in [1.165, 1.54) is 13.8 Å². The fourth-order valence-corrected chi connectivity index (χ4v) is 9.22. The number of sulfone groups is 2. The minimum atomic E-state index is -4.21. The molecule has 54 heavy (non-hydrogen) atoms. The van der Waals surface area contributed by atoms with Gasteiger partial charge in [-0.15, -0.1) is 0 Å². The third kappa shape index (κ3) is 14.0. The highest BCUT2D eigenvalue weighted by molar-refractivity contribution is 7.92. The van der Waals surface area contributed by atoms with Gasteiger partial charge in [-0.3, -0.25) is 19.2 Å². The molecule has 2 aromatic rings. The van der Waals surface area contributed by atoms with Crippen molar-refractivity contribution in [3.63, 3.8) is 0 Å². The van der Waals surface area contributed by atoms with E-state index in [0.717, 1.165) is 24.6 Å². The number of unbranched alkanes of at least 4 members (excludes halogenated alkanes) is 1. The number of carbonyl (C=O) groups excluding carboxylic acids is 4. The van der Waals surface area contributed by atoms with Gasteiger partial charge in [-0.05, 0) is 55.4 Å². The van der Waals surface area contributed by atoms with Crippen LogP contribution < -0.4 is 11.1 Å². The largest absolute Gasteiger partial charge is 0.462 e. The van der Waals surface area contributed by atoms with Crippen molar-refractivity contribution in [3.05, 3.63) is 48.0 Å². The van der Waals surface area contributed by atoms with Crippen molar-refractivity contribution in [2.75, 3.05) is 18.1 Å². The van der Waals surface area contributed by atoms with Gasteiger partial charge in [0, 0.05) is 19.8 Å². The summed E-state index contributed by atoms with van der Waals surface area (Å²) in [7, 11) is -8.29. The summed E-state index contributed by atoms with van der Waals surface area (Å²) in [4.78, 5) is 51.8. The molecule has 2 aromatic carbocycles. The first kappa shape index (κ1) is 46.7. The second kappa shape index (κ2) is 21.0. The van der Waals surface area contributed by atoms with Crippen molar-refractivity contribution >= 4 is 54.1 Å². The zero-order valence-corrected chi connectivity index (χ0v) is 33.9. The average molecular weight is 799 g/mol. The van der Waals surface area contributed by atoms with Gasteiger partial charge in [-0.2, -0.15) is 0 Å². The number of hydrogen-bond donors (Lipinski definition) is 4. The summed E-state index contributed by atoms with van der Waals surface area (Å²) >= 11 is 0. The van der Waals surface area contributed by atoms with E-state index in [4.69, 9.17) is 15.2 Å². The number of ether oxygens (including phenoxy) is 2. The Kier molecular flexibility index (Phi) is 18.2. The molecule has 5 N–H and O–H groups in total. The maximum Gasteiger partial charge on any atom is 0.303 e. The molecule has 304 valence electrons. The fraction of sp³-hybridized carbons (Fsp3) is 0.632. The number of nitrogens with one attached hydrogen (secondary N) is 1. The van der Waals surface area contributed by atoms with E-state index in [1.807, 2.05) is 37.3 Å². The van der Waals surface area contributed by atoms with Crippen LogP contribution in [-0.2, 0) is 54.7 Å². The molecule has 0 aliphatic heterocycles. The standard InChI is InChI=1S/C38H58N2O12S2/c1-8-9-17-33(34(43)32(18-23(2)3)35(44)36(45)37(39)54(49,50)24(4)5)40-38(46)29(19-28-15-12-14-27-13-10-11-16-31(27)28)21-53(47,48)22-30(52-26(7)42)20-51-25(6)41/h10-16,23-24,29-30,32-33,35-37,44-45H,8-9,17-22,39H2,1-7H3,(H,40,46)/t29-,30?,32-,33+,35-,36-,37?/m1/s1. The van der Waals surface area contributed by atoms with Crippen LogP contribution in [0.5, 0.6) is 0 Å². The number of amides is 1. The first-order valence-electron chi connectivity index (χ1n) is 18.3. The molecule has 0 aliphatic rings. The van der Waals surface area contributed by atoms with Crippen LogP contribution in [0.2, 0.25) is 0 Å². The van der Waals surface area contributed by atoms with Crippen LogP contribution in [0.1, 0.15) is 79.7 Å². The van der Waals surface area contributed by atoms with Gasteiger partial charge in [0.2, 0.25) is 5.91 Å². The number of nitrogens with two attached hydrogens (primary N) is 1. The van der Waals surface area contributed by atoms with E-state index < -0.39 is 108 Å². The molecule has 0 saturated carbocycles. The molecule has 7 atom stereocenters. The number of rotatable bonds is 23. The first-order chi connectivity index (χ1) is 25.1. The number of carbonyl (C=O) groups is 4. The van der Waals surface area contributed by atoms with E-state index in [-0.39, 0.29) is 25.2 Å². The molecule has 0 radical (unpaired) electrons. The van der Waals surface area contributed by atoms with Crippen molar-refractivity contribution in [2.24, 2.45) is 23.5 Å². The second-order valence-electron chi connectivity index (χ2n) is 14.6. The van der Waals surface area contributed by atoms with Gasteiger partial charge >= 0.3 is 11.9 Å². The summed E-state index contributed by atoms with van der Waals surface area (Å²) in [6.07, 6.45) is -4.12. The van der Waals surface area contributed by atoms with Gasteiger partial charge in [0.15, 0.2) is 25.5 Å². The molecular weight excluding hydrogens is 741 g/mol. The second-order valence-corrected chi connectivity index (χ2v) is 19.4. The highest BCUT2D eigenvalue weighted by atomic mass is 32.2. The lowest BCUT2D eigenvalue weighted by Crippen LogP contribution is -2.56. The van der Waals surface area contributed by atoms with Crippen molar-refractivity contribution < 1.29 is 55.7 Å². The molecule has 0 aromatic heterocycles. The number of benzene rings is 2. The number of hydrogen-bond acceptors (Lipinski definition) is 13. The molecular formula is C38H58N2O12S2. The Labute approximate surface area is 319 Å². The summed E-state index contributed by atoms with van der Waals surface area (Å²) < 4.78 is 63.0. The van der Waals surface area contributed by atoms with Crippen molar-refractivity contribution in [2.45, 2.75) is 116 Å². The summed E-state index contributed by atoms with van der Waals surface area (Å²) in [6, 6.07) is 11.5. The number of Topliss-reactive ketones (excluding diaryl/α,β-unsaturated/α-hetero) is 1. The molecule has 14 nitrogen and oxygen atoms in total. The quantitative estimate of drug-likeness (QED) is 0.119. The molecule has 16 heteroatoms. The Morgan fingerprint density at radius 1 is 0.870 bits per heavy atom. The Bertz CT molecular complexity index is 1790. The highest BCUT2D eigenvalue weighted by Gasteiger charge is 2.43. The monoisotopic (exact) mass is 798 g/mol. The van der Waals surface area contributed by atoms with Crippen molar-refractivity contribution in [3.8, 4) is 0 Å². The number of esters is 2. The zero-order chi connectivity index (χ0) is 41.0. The fourth-order valence-electron chi connectivity index (χ4n) is 6.30. The topological polar surface area (TPSA) is 234 Å². The maximum absolute atomic E-state index is 14.3. The van der Waals surface area contributed by atoms with Crippen LogP contribution in [0, 0.1) is 17.8 Å². The molecule has 0 saturated heterocycles. The van der Waals surface area contributed by atoms with Crippen LogP contribution in [0.15, 0.2) is 42.5 Å². The summed E-state index contributed by atoms with van der Waals surface area (Å²) in [5, 5.41) is 23.8. The summed E-state index contributed by atoms with van der Waals surface area (Å²) in [5.74, 6) is -7.23. The van der Waals surface area contributed by atoms with Gasteiger partial charge in [-0.25, -0.2) is 16.8 Å². The van der Waals surface area contributed by atoms with Crippen LogP contribution in [0.25, 0.3) is 10.8 Å². The van der Waals surface area contributed by atoms with Crippen molar-refractivity contribution in [1.82, 2.24) is 5.32 Å². The van der Waals surface area contributed by atoms with Gasteiger partial charge < -0.3 is 30.7 Å². The predicted molar refractivity (Wildman–Crippen MR) is 205 cm³/mol. The Morgan fingerprint density at radius 3 is 2.07 bits per heavy atom. The smallest absolute Gasteiger partial charge is 0.303 e. The lowest BCUT2D eigenvalue weighted by molar-refractivity contribution is -0.154. The SMILES string of the molecule is CCCC[C@H](NC(=O)[C@H](Cc1cccc2ccccc12)CS(=O)(=O)CC(COC(C)=O)OC(C)=O)C(=O)[C@@H](CC(C)C)[C@@H](O)[C@@H](O)C(N)S(=O)(=O)C(C)C. The Morgan fingerprint density at radius 2 is 1.50 bits per heavy atom. The van der Waals surface area contributed by atoms with Gasteiger partial charge in [-0.1, -0.05) is 76.1 Å². The highest BCUT2D eigenvalue weighted by Crippen LogP contribution is 2.27. The number of aliphatic hydroxyl groups is 2. The minimum absolute atomic E-state index is 0.0255. The number of ketones is 1. The molecule has 1 amide bonds. The Hall–Kier alpha value is -3.44. The lowest BCUT2D eigenvalue weighted by Gasteiger charge is -2.33. The molecule has 2 rings (SSSR count). The number of fused-ring (bicyclic) bond motifs is 1. The molecule has 0 aliphatic carbocycles. The van der Waals surface area contributed by atoms with Crippen LogP contribution in [-0.4, -0.2) is 104 Å². The van der Waals surface area contributed by atoms with E-state index in [0.29, 0.717) is 18.4 Å². The molecule has 0 fully saturated rings. The number of aliphatic hydroxyl groups excluding tert-OH is 2. The maximum atomic E-state index is 14.3. The normalized spacial score (nSPS) is 16.2.